The molecule has 6 rings (SSSR count). The second-order valence-electron chi connectivity index (χ2n) is 12.1. The van der Waals surface area contributed by atoms with Crippen LogP contribution in [0, 0.1) is 6.92 Å². The van der Waals surface area contributed by atoms with E-state index in [1.54, 1.807) is 20.8 Å². The number of aromatic hydroxyl groups is 2. The smallest absolute Gasteiger partial charge is 0.404 e. The molecule has 0 unspecified atom stereocenters. The Balaban J connectivity index is 1.29. The van der Waals surface area contributed by atoms with Crippen LogP contribution in [-0.2, 0) is 14.2 Å². The number of carbonyl (C=O) groups excluding carboxylic acids is 2. The lowest BCUT2D eigenvalue weighted by atomic mass is 9.89. The van der Waals surface area contributed by atoms with Crippen molar-refractivity contribution < 1.29 is 48.3 Å². The fraction of sp³-hybridized carbons (Fsp3) is 0.250. The molecule has 0 radical (unpaired) electrons. The van der Waals surface area contributed by atoms with Crippen LogP contribution >= 0.6 is 0 Å². The van der Waals surface area contributed by atoms with Crippen molar-refractivity contribution >= 4 is 39.4 Å². The van der Waals surface area contributed by atoms with Crippen molar-refractivity contribution in [3.05, 3.63) is 94.3 Å². The molecule has 4 aromatic carbocycles. The van der Waals surface area contributed by atoms with Crippen LogP contribution in [0.25, 0.3) is 32.9 Å². The summed E-state index contributed by atoms with van der Waals surface area (Å²) in [5, 5.41) is 37.2. The van der Waals surface area contributed by atoms with Gasteiger partial charge < -0.3 is 49.7 Å². The van der Waals surface area contributed by atoms with Crippen LogP contribution in [0.5, 0.6) is 17.2 Å². The first-order chi connectivity index (χ1) is 23.3. The van der Waals surface area contributed by atoms with E-state index in [1.807, 2.05) is 42.5 Å². The normalized spacial score (nSPS) is 20.2. The number of ether oxygens (including phenoxy) is 4. The number of phenols is 1. The maximum absolute atomic E-state index is 13.4. The quantitative estimate of drug-likeness (QED) is 0.147. The van der Waals surface area contributed by atoms with Crippen LogP contribution < -0.4 is 21.4 Å². The van der Waals surface area contributed by atoms with Crippen molar-refractivity contribution in [2.75, 3.05) is 12.4 Å². The average molecular weight is 671 g/mol. The van der Waals surface area contributed by atoms with Gasteiger partial charge in [-0.3, -0.25) is 4.79 Å². The number of hydrogen-bond donors (Lipinski definition) is 5. The van der Waals surface area contributed by atoms with Crippen LogP contribution in [0.4, 0.5) is 10.5 Å². The van der Waals surface area contributed by atoms with Gasteiger partial charge >= 0.3 is 11.7 Å². The van der Waals surface area contributed by atoms with E-state index in [9.17, 15) is 29.7 Å². The highest BCUT2D eigenvalue weighted by atomic mass is 16.7. The molecule has 4 atom stereocenters. The molecule has 1 aliphatic rings. The zero-order chi connectivity index (χ0) is 35.2. The van der Waals surface area contributed by atoms with Gasteiger partial charge in [0.2, 0.25) is 6.29 Å². The van der Waals surface area contributed by atoms with E-state index >= 15 is 0 Å². The standard InChI is InChI=1S/C36H34N2O11/c1-17-25(46-34-28(41)30(48-35(37)44)31(45-4)36(2,3)49-34)15-13-22-27(40)26(33(43)47-29(17)22)38-32(42)19-12-14-24(39)23(16-19)21-11-7-9-18-8-5-6-10-20(18)21/h5-16,28,30-31,34,39-41H,1-4H3,(H2,37,44)(H,38,42)/t28-,30+,31-,34-/m1/s1. The average Bonchev–Trinajstić information content (AvgIpc) is 3.06. The fourth-order valence-electron chi connectivity index (χ4n) is 6.21. The van der Waals surface area contributed by atoms with Gasteiger partial charge in [0.05, 0.1) is 11.0 Å². The number of anilines is 1. The van der Waals surface area contributed by atoms with E-state index in [4.69, 9.17) is 29.1 Å². The minimum absolute atomic E-state index is 0.0430. The molecule has 254 valence electrons. The molecule has 2 amide bonds. The van der Waals surface area contributed by atoms with Gasteiger partial charge in [-0.2, -0.15) is 0 Å². The second kappa shape index (κ2) is 12.8. The summed E-state index contributed by atoms with van der Waals surface area (Å²) in [6.07, 6.45) is -6.14. The number of aryl methyl sites for hydroxylation is 1. The molecule has 0 aliphatic carbocycles. The summed E-state index contributed by atoms with van der Waals surface area (Å²) in [5.74, 6) is -1.20. The van der Waals surface area contributed by atoms with Gasteiger partial charge in [-0.1, -0.05) is 42.5 Å². The first-order valence-corrected chi connectivity index (χ1v) is 15.2. The molecule has 1 aromatic heterocycles. The van der Waals surface area contributed by atoms with Gasteiger partial charge in [-0.15, -0.1) is 0 Å². The van der Waals surface area contributed by atoms with E-state index in [2.05, 4.69) is 5.32 Å². The van der Waals surface area contributed by atoms with Gasteiger partial charge in [0.25, 0.3) is 5.91 Å². The molecule has 5 aromatic rings. The van der Waals surface area contributed by atoms with Crippen LogP contribution in [0.15, 0.2) is 82.0 Å². The largest absolute Gasteiger partial charge is 0.507 e. The Kier molecular flexibility index (Phi) is 8.67. The SMILES string of the molecule is CO[C@@H]1[C@@H](OC(N)=O)[C@@H](O)[C@H](Oc2ccc3c(O)c(NC(=O)c4ccc(O)c(-c5cccc6ccccc56)c4)c(=O)oc3c2C)OC1(C)C. The Hall–Kier alpha value is -5.63. The Labute approximate surface area is 279 Å². The number of primary amides is 1. The summed E-state index contributed by atoms with van der Waals surface area (Å²) < 4.78 is 28.0. The van der Waals surface area contributed by atoms with Gasteiger partial charge in [0.15, 0.2) is 23.6 Å². The lowest BCUT2D eigenvalue weighted by molar-refractivity contribution is -0.304. The Morgan fingerprint density at radius 1 is 0.959 bits per heavy atom. The van der Waals surface area contributed by atoms with Gasteiger partial charge in [0, 0.05) is 23.8 Å². The van der Waals surface area contributed by atoms with Crippen molar-refractivity contribution in [3.8, 4) is 28.4 Å². The molecule has 13 heteroatoms. The summed E-state index contributed by atoms with van der Waals surface area (Å²) >= 11 is 0. The summed E-state index contributed by atoms with van der Waals surface area (Å²) in [4.78, 5) is 38.1. The zero-order valence-electron chi connectivity index (χ0n) is 26.9. The molecular formula is C36H34N2O11. The number of fused-ring (bicyclic) bond motifs is 2. The number of benzene rings is 4. The third-order valence-electron chi connectivity index (χ3n) is 8.59. The van der Waals surface area contributed by atoms with E-state index in [0.717, 1.165) is 10.8 Å². The number of nitrogens with one attached hydrogen (secondary N) is 1. The third-order valence-corrected chi connectivity index (χ3v) is 8.59. The van der Waals surface area contributed by atoms with Crippen molar-refractivity contribution in [2.24, 2.45) is 5.73 Å². The van der Waals surface area contributed by atoms with E-state index < -0.39 is 59.3 Å². The van der Waals surface area contributed by atoms with E-state index in [-0.39, 0.29) is 33.6 Å². The first-order valence-electron chi connectivity index (χ1n) is 15.2. The lowest BCUT2D eigenvalue weighted by Gasteiger charge is -2.47. The topological polar surface area (TPSA) is 200 Å². The zero-order valence-corrected chi connectivity index (χ0v) is 26.9. The Bertz CT molecular complexity index is 2150. The lowest BCUT2D eigenvalue weighted by Crippen LogP contribution is -2.65. The van der Waals surface area contributed by atoms with E-state index in [1.165, 1.54) is 37.4 Å². The summed E-state index contributed by atoms with van der Waals surface area (Å²) in [6.45, 7) is 4.87. The molecule has 1 fully saturated rings. The van der Waals surface area contributed by atoms with Gasteiger partial charge in [-0.05, 0) is 67.4 Å². The van der Waals surface area contributed by atoms with Crippen LogP contribution in [0.2, 0.25) is 0 Å². The van der Waals surface area contributed by atoms with Crippen LogP contribution in [0.1, 0.15) is 29.8 Å². The number of rotatable bonds is 7. The molecule has 49 heavy (non-hydrogen) atoms. The highest BCUT2D eigenvalue weighted by Crippen LogP contribution is 2.39. The highest BCUT2D eigenvalue weighted by molar-refractivity contribution is 6.08. The van der Waals surface area contributed by atoms with Gasteiger partial charge in [-0.25, -0.2) is 9.59 Å². The number of amides is 2. The number of hydrogen-bond acceptors (Lipinski definition) is 11. The summed E-state index contributed by atoms with van der Waals surface area (Å²) in [7, 11) is 1.37. The molecular weight excluding hydrogens is 636 g/mol. The highest BCUT2D eigenvalue weighted by Gasteiger charge is 2.53. The maximum Gasteiger partial charge on any atom is 0.404 e. The molecule has 2 heterocycles. The maximum atomic E-state index is 13.4. The first kappa shape index (κ1) is 33.3. The molecule has 0 bridgehead atoms. The minimum atomic E-state index is -1.53. The van der Waals surface area contributed by atoms with E-state index in [0.29, 0.717) is 11.1 Å². The molecule has 0 saturated carbocycles. The predicted molar refractivity (Wildman–Crippen MR) is 179 cm³/mol. The van der Waals surface area contributed by atoms with Crippen LogP contribution in [0.3, 0.4) is 0 Å². The molecule has 1 saturated heterocycles. The molecule has 6 N–H and O–H groups in total. The number of aliphatic hydroxyl groups excluding tert-OH is 1. The van der Waals surface area contributed by atoms with Crippen LogP contribution in [-0.4, -0.2) is 64.6 Å². The molecule has 13 nitrogen and oxygen atoms in total. The Morgan fingerprint density at radius 3 is 2.43 bits per heavy atom. The monoisotopic (exact) mass is 670 g/mol. The minimum Gasteiger partial charge on any atom is -0.507 e. The Morgan fingerprint density at radius 2 is 1.69 bits per heavy atom. The molecule has 0 spiro atoms. The van der Waals surface area contributed by atoms with Crippen molar-refractivity contribution in [3.63, 3.8) is 0 Å². The number of methoxy groups -OCH3 is 1. The molecule has 1 aliphatic heterocycles. The number of aliphatic hydroxyl groups is 1. The number of nitrogens with two attached hydrogens (primary N) is 1. The number of carbonyl (C=O) groups is 2. The van der Waals surface area contributed by atoms with Crippen molar-refractivity contribution in [1.82, 2.24) is 0 Å². The fourth-order valence-corrected chi connectivity index (χ4v) is 6.21. The van der Waals surface area contributed by atoms with Crippen molar-refractivity contribution in [2.45, 2.75) is 51.0 Å². The second-order valence-corrected chi connectivity index (χ2v) is 12.1. The summed E-state index contributed by atoms with van der Waals surface area (Å²) in [5.41, 5.74) is 4.02. The van der Waals surface area contributed by atoms with Gasteiger partial charge in [0.1, 0.15) is 23.2 Å². The van der Waals surface area contributed by atoms with Crippen molar-refractivity contribution in [1.29, 1.82) is 0 Å². The number of phenolic OH excluding ortho intramolecular Hbond substituents is 1. The summed E-state index contributed by atoms with van der Waals surface area (Å²) in [6, 6.07) is 20.4. The predicted octanol–water partition coefficient (Wildman–Crippen LogP) is 4.94. The third kappa shape index (κ3) is 6.10.